The van der Waals surface area contributed by atoms with Crippen molar-refractivity contribution in [2.45, 2.75) is 12.5 Å². The van der Waals surface area contributed by atoms with Crippen LogP contribution in [0.4, 0.5) is 0 Å². The van der Waals surface area contributed by atoms with Gasteiger partial charge in [-0.1, -0.05) is 0 Å². The van der Waals surface area contributed by atoms with E-state index in [9.17, 15) is 0 Å². The van der Waals surface area contributed by atoms with Gasteiger partial charge in [0.2, 0.25) is 0 Å². The zero-order valence-corrected chi connectivity index (χ0v) is 6.71. The van der Waals surface area contributed by atoms with Gasteiger partial charge in [-0.25, -0.2) is 0 Å². The maximum Gasteiger partial charge on any atom is 0.193 e. The molecule has 0 amide bonds. The monoisotopic (exact) mass is 175 g/mol. The highest BCUT2D eigenvalue weighted by atomic mass is 35.5. The molecule has 0 aliphatic rings. The second-order valence-corrected chi connectivity index (χ2v) is 2.63. The lowest BCUT2D eigenvalue weighted by molar-refractivity contribution is 0.269. The average molecular weight is 176 g/mol. The molecule has 1 aromatic heterocycles. The molecule has 62 valence electrons. The van der Waals surface area contributed by atoms with Crippen molar-refractivity contribution in [2.75, 3.05) is 6.61 Å². The van der Waals surface area contributed by atoms with Crippen LogP contribution in [0.25, 0.3) is 0 Å². The van der Waals surface area contributed by atoms with Crippen LogP contribution in [0.1, 0.15) is 18.2 Å². The standard InChI is InChI=1S/C7H10ClNO2/c8-7-2-1-6(11-7)5(9)3-4-10/h1-2,5,10H,3-4,9H2/t5-/m1/s1. The fourth-order valence-electron chi connectivity index (χ4n) is 0.809. The molecule has 0 unspecified atom stereocenters. The van der Waals surface area contributed by atoms with Crippen molar-refractivity contribution >= 4 is 11.6 Å². The van der Waals surface area contributed by atoms with Crippen LogP contribution in [0.5, 0.6) is 0 Å². The third-order valence-electron chi connectivity index (χ3n) is 1.40. The maximum absolute atomic E-state index is 8.55. The third kappa shape index (κ3) is 2.22. The molecule has 1 rings (SSSR count). The predicted octanol–water partition coefficient (Wildman–Crippen LogP) is 1.32. The van der Waals surface area contributed by atoms with E-state index >= 15 is 0 Å². The van der Waals surface area contributed by atoms with E-state index in [0.717, 1.165) is 0 Å². The lowest BCUT2D eigenvalue weighted by Gasteiger charge is -2.04. The number of hydrogen-bond donors (Lipinski definition) is 2. The zero-order valence-electron chi connectivity index (χ0n) is 5.96. The van der Waals surface area contributed by atoms with Gasteiger partial charge in [-0.2, -0.15) is 0 Å². The van der Waals surface area contributed by atoms with Gasteiger partial charge in [-0.05, 0) is 30.2 Å². The van der Waals surface area contributed by atoms with Crippen LogP contribution >= 0.6 is 11.6 Å². The van der Waals surface area contributed by atoms with Crippen LogP contribution in [0, 0.1) is 0 Å². The molecule has 0 aliphatic carbocycles. The molecule has 1 heterocycles. The van der Waals surface area contributed by atoms with Crippen LogP contribution < -0.4 is 5.73 Å². The Labute approximate surface area is 69.8 Å². The van der Waals surface area contributed by atoms with Crippen LogP contribution in [-0.2, 0) is 0 Å². The predicted molar refractivity (Wildman–Crippen MR) is 42.3 cm³/mol. The highest BCUT2D eigenvalue weighted by Gasteiger charge is 2.08. The summed E-state index contributed by atoms with van der Waals surface area (Å²) in [4.78, 5) is 0. The number of furan rings is 1. The smallest absolute Gasteiger partial charge is 0.193 e. The van der Waals surface area contributed by atoms with Gasteiger partial charge in [-0.3, -0.25) is 0 Å². The second-order valence-electron chi connectivity index (χ2n) is 2.26. The van der Waals surface area contributed by atoms with Gasteiger partial charge in [0.25, 0.3) is 0 Å². The van der Waals surface area contributed by atoms with Crippen molar-refractivity contribution < 1.29 is 9.52 Å². The molecule has 1 aromatic rings. The average Bonchev–Trinajstić information content (AvgIpc) is 2.36. The Kier molecular flexibility index (Phi) is 2.93. The zero-order chi connectivity index (χ0) is 8.27. The topological polar surface area (TPSA) is 59.4 Å². The SMILES string of the molecule is N[C@H](CCO)c1ccc(Cl)o1. The number of aliphatic hydroxyl groups is 1. The number of halogens is 1. The lowest BCUT2D eigenvalue weighted by Crippen LogP contribution is -2.10. The highest BCUT2D eigenvalue weighted by Crippen LogP contribution is 2.19. The van der Waals surface area contributed by atoms with E-state index in [0.29, 0.717) is 17.4 Å². The van der Waals surface area contributed by atoms with Crippen LogP contribution in [0.15, 0.2) is 16.5 Å². The molecule has 0 bridgehead atoms. The molecule has 0 saturated carbocycles. The molecule has 4 heteroatoms. The van der Waals surface area contributed by atoms with Gasteiger partial charge in [0.15, 0.2) is 5.22 Å². The van der Waals surface area contributed by atoms with E-state index in [1.165, 1.54) is 0 Å². The Balaban J connectivity index is 2.60. The van der Waals surface area contributed by atoms with Crippen molar-refractivity contribution in [3.05, 3.63) is 23.1 Å². The van der Waals surface area contributed by atoms with Gasteiger partial charge in [0, 0.05) is 6.61 Å². The van der Waals surface area contributed by atoms with Crippen molar-refractivity contribution in [3.8, 4) is 0 Å². The first-order valence-electron chi connectivity index (χ1n) is 3.35. The summed E-state index contributed by atoms with van der Waals surface area (Å²) in [5, 5.41) is 8.88. The van der Waals surface area contributed by atoms with Crippen molar-refractivity contribution in [3.63, 3.8) is 0 Å². The van der Waals surface area contributed by atoms with Crippen molar-refractivity contribution in [1.82, 2.24) is 0 Å². The third-order valence-corrected chi connectivity index (χ3v) is 1.60. The molecule has 0 radical (unpaired) electrons. The molecule has 0 saturated heterocycles. The minimum absolute atomic E-state index is 0.0550. The summed E-state index contributed by atoms with van der Waals surface area (Å²) in [5.74, 6) is 0.615. The van der Waals surface area contributed by atoms with Gasteiger partial charge in [0.05, 0.1) is 6.04 Å². The van der Waals surface area contributed by atoms with E-state index < -0.39 is 0 Å². The first kappa shape index (κ1) is 8.59. The maximum atomic E-state index is 8.55. The fourth-order valence-corrected chi connectivity index (χ4v) is 0.961. The van der Waals surface area contributed by atoms with Crippen molar-refractivity contribution in [2.24, 2.45) is 5.73 Å². The number of rotatable bonds is 3. The largest absolute Gasteiger partial charge is 0.448 e. The van der Waals surface area contributed by atoms with Crippen LogP contribution in [-0.4, -0.2) is 11.7 Å². The summed E-state index contributed by atoms with van der Waals surface area (Å²) < 4.78 is 5.03. The fraction of sp³-hybridized carbons (Fsp3) is 0.429. The molecule has 1 atom stereocenters. The molecule has 0 aliphatic heterocycles. The molecule has 0 spiro atoms. The summed E-state index contributed by atoms with van der Waals surface area (Å²) >= 11 is 5.52. The summed E-state index contributed by atoms with van der Waals surface area (Å²) in [5.41, 5.74) is 5.61. The molecule has 3 N–H and O–H groups in total. The normalized spacial score (nSPS) is 13.4. The lowest BCUT2D eigenvalue weighted by atomic mass is 10.2. The van der Waals surface area contributed by atoms with Gasteiger partial charge in [-0.15, -0.1) is 0 Å². The van der Waals surface area contributed by atoms with Crippen molar-refractivity contribution in [1.29, 1.82) is 0 Å². The number of nitrogens with two attached hydrogens (primary N) is 1. The molecule has 0 aromatic carbocycles. The van der Waals surface area contributed by atoms with E-state index in [4.69, 9.17) is 26.9 Å². The minimum atomic E-state index is -0.257. The van der Waals surface area contributed by atoms with Gasteiger partial charge in [0.1, 0.15) is 5.76 Å². The molecule has 11 heavy (non-hydrogen) atoms. The molecule has 0 fully saturated rings. The number of hydrogen-bond acceptors (Lipinski definition) is 3. The summed E-state index contributed by atoms with van der Waals surface area (Å²) in [6.07, 6.45) is 0.490. The first-order valence-corrected chi connectivity index (χ1v) is 3.73. The van der Waals surface area contributed by atoms with Crippen LogP contribution in [0.3, 0.4) is 0 Å². The van der Waals surface area contributed by atoms with Crippen LogP contribution in [0.2, 0.25) is 5.22 Å². The van der Waals surface area contributed by atoms with E-state index in [1.807, 2.05) is 0 Å². The first-order chi connectivity index (χ1) is 5.24. The van der Waals surface area contributed by atoms with E-state index in [2.05, 4.69) is 0 Å². The summed E-state index contributed by atoms with van der Waals surface area (Å²) in [6, 6.07) is 3.09. The Morgan fingerprint density at radius 2 is 2.36 bits per heavy atom. The Morgan fingerprint density at radius 3 is 2.82 bits per heavy atom. The van der Waals surface area contributed by atoms with E-state index in [-0.39, 0.29) is 12.6 Å². The van der Waals surface area contributed by atoms with Gasteiger partial charge < -0.3 is 15.3 Å². The number of aliphatic hydroxyl groups excluding tert-OH is 1. The minimum Gasteiger partial charge on any atom is -0.448 e. The molecule has 3 nitrogen and oxygen atoms in total. The Morgan fingerprint density at radius 1 is 1.64 bits per heavy atom. The summed E-state index contributed by atoms with van der Waals surface area (Å²) in [6.45, 7) is 0.0550. The van der Waals surface area contributed by atoms with Gasteiger partial charge >= 0.3 is 0 Å². The Bertz CT molecular complexity index is 224. The second kappa shape index (κ2) is 3.76. The summed E-state index contributed by atoms with van der Waals surface area (Å²) in [7, 11) is 0. The highest BCUT2D eigenvalue weighted by molar-refractivity contribution is 6.28. The van der Waals surface area contributed by atoms with E-state index in [1.54, 1.807) is 12.1 Å². The Hall–Kier alpha value is -0.510. The molecular weight excluding hydrogens is 166 g/mol. The molecular formula is C7H10ClNO2. The quantitative estimate of drug-likeness (QED) is 0.729.